The molecule has 0 radical (unpaired) electrons. The minimum atomic E-state index is -0.782. The molecule has 234 valence electrons. The standard InChI is InChI=1S/C30H35Cl2N7O5/c1-30(2,34)14-18(15-33)27(40)38-8-6-19(7-9-38)44-11-10-39-26-17(16-36-29(35-3)37-26)12-20(28(39)41)23-24(31)21(42-4)13-22(43-5)25(23)32/h12-14,16,19H,6-11,34H2,1-5H3,(H,35,36,37)/b18-14-. The molecule has 0 atom stereocenters. The van der Waals surface area contributed by atoms with E-state index in [1.807, 2.05) is 6.07 Å². The number of halogens is 2. The average molecular weight is 645 g/mol. The summed E-state index contributed by atoms with van der Waals surface area (Å²) in [5.74, 6) is 0.603. The van der Waals surface area contributed by atoms with E-state index in [9.17, 15) is 14.9 Å². The summed E-state index contributed by atoms with van der Waals surface area (Å²) in [5.41, 5.74) is 5.72. The monoisotopic (exact) mass is 643 g/mol. The molecule has 1 saturated heterocycles. The van der Waals surface area contributed by atoms with Crippen molar-refractivity contribution in [2.45, 2.75) is 44.9 Å². The van der Waals surface area contributed by atoms with Gasteiger partial charge >= 0.3 is 0 Å². The van der Waals surface area contributed by atoms with Gasteiger partial charge in [0, 0.05) is 48.9 Å². The normalized spacial score (nSPS) is 14.4. The fourth-order valence-electron chi connectivity index (χ4n) is 5.01. The van der Waals surface area contributed by atoms with E-state index in [0.717, 1.165) is 0 Å². The number of hydrogen-bond acceptors (Lipinski definition) is 10. The van der Waals surface area contributed by atoms with Crippen LogP contribution in [0.25, 0.3) is 22.2 Å². The van der Waals surface area contributed by atoms with Crippen LogP contribution in [0.1, 0.15) is 26.7 Å². The first-order chi connectivity index (χ1) is 20.9. The van der Waals surface area contributed by atoms with Crippen LogP contribution in [0.4, 0.5) is 5.95 Å². The van der Waals surface area contributed by atoms with Crippen molar-refractivity contribution in [3.63, 3.8) is 0 Å². The second-order valence-corrected chi connectivity index (χ2v) is 11.6. The number of aromatic nitrogens is 3. The smallest absolute Gasteiger partial charge is 0.264 e. The van der Waals surface area contributed by atoms with Gasteiger partial charge in [0.15, 0.2) is 0 Å². The zero-order valence-corrected chi connectivity index (χ0v) is 26.8. The highest BCUT2D eigenvalue weighted by molar-refractivity contribution is 6.41. The topological polar surface area (TPSA) is 158 Å². The molecule has 0 bridgehead atoms. The second-order valence-electron chi connectivity index (χ2n) is 10.9. The largest absolute Gasteiger partial charge is 0.495 e. The molecule has 3 aromatic rings. The highest BCUT2D eigenvalue weighted by Crippen LogP contribution is 2.45. The van der Waals surface area contributed by atoms with E-state index in [-0.39, 0.29) is 57.5 Å². The highest BCUT2D eigenvalue weighted by atomic mass is 35.5. The van der Waals surface area contributed by atoms with Crippen molar-refractivity contribution < 1.29 is 19.0 Å². The third-order valence-electron chi connectivity index (χ3n) is 7.16. The predicted molar refractivity (Wildman–Crippen MR) is 169 cm³/mol. The molecular formula is C30H35Cl2N7O5. The van der Waals surface area contributed by atoms with Gasteiger partial charge in [-0.2, -0.15) is 10.2 Å². The minimum Gasteiger partial charge on any atom is -0.495 e. The molecule has 1 aromatic carbocycles. The van der Waals surface area contributed by atoms with Crippen LogP contribution in [0, 0.1) is 11.3 Å². The van der Waals surface area contributed by atoms with Gasteiger partial charge in [-0.15, -0.1) is 0 Å². The number of anilines is 1. The molecule has 1 fully saturated rings. The summed E-state index contributed by atoms with van der Waals surface area (Å²) in [6.45, 7) is 4.68. The molecule has 3 heterocycles. The lowest BCUT2D eigenvalue weighted by molar-refractivity contribution is -0.129. The van der Waals surface area contributed by atoms with Gasteiger partial charge in [-0.25, -0.2) is 4.98 Å². The number of nitrogens with one attached hydrogen (secondary N) is 1. The lowest BCUT2D eigenvalue weighted by atomic mass is 10.0. The molecule has 1 aliphatic rings. The Balaban J connectivity index is 1.59. The number of rotatable bonds is 10. The Hall–Kier alpha value is -3.89. The first-order valence-corrected chi connectivity index (χ1v) is 14.7. The van der Waals surface area contributed by atoms with Crippen LogP contribution in [-0.4, -0.2) is 77.9 Å². The zero-order valence-electron chi connectivity index (χ0n) is 25.2. The van der Waals surface area contributed by atoms with Crippen molar-refractivity contribution in [1.29, 1.82) is 5.26 Å². The molecule has 0 unspecified atom stereocenters. The third kappa shape index (κ3) is 7.08. The molecular weight excluding hydrogens is 609 g/mol. The van der Waals surface area contributed by atoms with Crippen LogP contribution in [0.15, 0.2) is 34.8 Å². The SMILES string of the molecule is CNc1ncc2cc(-c3c(Cl)c(OC)cc(OC)c3Cl)c(=O)n(CCOC3CCN(C(=O)/C(C#N)=C\C(C)(C)N)CC3)c2n1. The van der Waals surface area contributed by atoms with E-state index in [2.05, 4.69) is 15.3 Å². The molecule has 14 heteroatoms. The number of likely N-dealkylation sites (tertiary alicyclic amines) is 1. The number of piperidine rings is 1. The Kier molecular flexibility index (Phi) is 10.4. The maximum Gasteiger partial charge on any atom is 0.264 e. The fourth-order valence-corrected chi connectivity index (χ4v) is 5.71. The van der Waals surface area contributed by atoms with E-state index in [1.54, 1.807) is 44.1 Å². The highest BCUT2D eigenvalue weighted by Gasteiger charge is 2.27. The number of nitrogens with two attached hydrogens (primary N) is 1. The summed E-state index contributed by atoms with van der Waals surface area (Å²) >= 11 is 13.3. The van der Waals surface area contributed by atoms with Crippen molar-refractivity contribution in [1.82, 2.24) is 19.4 Å². The molecule has 1 aliphatic heterocycles. The Morgan fingerprint density at radius 1 is 1.20 bits per heavy atom. The molecule has 44 heavy (non-hydrogen) atoms. The van der Waals surface area contributed by atoms with Crippen LogP contribution in [0.3, 0.4) is 0 Å². The molecule has 0 spiro atoms. The molecule has 12 nitrogen and oxygen atoms in total. The van der Waals surface area contributed by atoms with E-state index < -0.39 is 5.54 Å². The Morgan fingerprint density at radius 3 is 2.39 bits per heavy atom. The number of carbonyl (C=O) groups excluding carboxylic acids is 1. The van der Waals surface area contributed by atoms with Gasteiger partial charge < -0.3 is 30.2 Å². The first-order valence-electron chi connectivity index (χ1n) is 13.9. The maximum absolute atomic E-state index is 14.0. The van der Waals surface area contributed by atoms with Gasteiger partial charge in [0.1, 0.15) is 28.8 Å². The number of nitriles is 1. The average Bonchev–Trinajstić information content (AvgIpc) is 3.00. The van der Waals surface area contributed by atoms with Gasteiger partial charge in [0.05, 0.1) is 49.1 Å². The van der Waals surface area contributed by atoms with Crippen molar-refractivity contribution in [3.8, 4) is 28.7 Å². The number of ether oxygens (including phenoxy) is 3. The number of fused-ring (bicyclic) bond motifs is 1. The number of carbonyl (C=O) groups is 1. The number of pyridine rings is 1. The summed E-state index contributed by atoms with van der Waals surface area (Å²) in [6, 6.07) is 5.16. The predicted octanol–water partition coefficient (Wildman–Crippen LogP) is 4.02. The molecule has 0 saturated carbocycles. The van der Waals surface area contributed by atoms with Crippen LogP contribution in [0.2, 0.25) is 10.0 Å². The van der Waals surface area contributed by atoms with Gasteiger partial charge in [-0.1, -0.05) is 23.2 Å². The lowest BCUT2D eigenvalue weighted by Gasteiger charge is -2.32. The van der Waals surface area contributed by atoms with Crippen LogP contribution >= 0.6 is 23.2 Å². The summed E-state index contributed by atoms with van der Waals surface area (Å²) in [5, 5.41) is 13.3. The number of nitrogens with zero attached hydrogens (tertiary/aromatic N) is 5. The molecule has 1 amide bonds. The van der Waals surface area contributed by atoms with Crippen molar-refractivity contribution in [2.24, 2.45) is 5.73 Å². The third-order valence-corrected chi connectivity index (χ3v) is 7.91. The zero-order chi connectivity index (χ0) is 32.2. The van der Waals surface area contributed by atoms with E-state index in [1.165, 1.54) is 24.9 Å². The summed E-state index contributed by atoms with van der Waals surface area (Å²) < 4.78 is 18.5. The Bertz CT molecular complexity index is 1660. The number of benzene rings is 1. The molecule has 4 rings (SSSR count). The lowest BCUT2D eigenvalue weighted by Crippen LogP contribution is -2.42. The molecule has 2 aromatic heterocycles. The van der Waals surface area contributed by atoms with Crippen LogP contribution in [-0.2, 0) is 16.1 Å². The number of methoxy groups -OCH3 is 2. The minimum absolute atomic E-state index is 0.0276. The van der Waals surface area contributed by atoms with E-state index >= 15 is 0 Å². The Labute approximate surface area is 265 Å². The summed E-state index contributed by atoms with van der Waals surface area (Å²) in [6.07, 6.45) is 4.11. The Morgan fingerprint density at radius 2 is 1.84 bits per heavy atom. The number of hydrogen-bond donors (Lipinski definition) is 2. The van der Waals surface area contributed by atoms with E-state index in [0.29, 0.717) is 54.4 Å². The summed E-state index contributed by atoms with van der Waals surface area (Å²) in [7, 11) is 4.61. The summed E-state index contributed by atoms with van der Waals surface area (Å²) in [4.78, 5) is 37.3. The number of amides is 1. The molecule has 3 N–H and O–H groups in total. The van der Waals surface area contributed by atoms with Crippen molar-refractivity contribution in [3.05, 3.63) is 50.4 Å². The van der Waals surface area contributed by atoms with Crippen molar-refractivity contribution in [2.75, 3.05) is 46.3 Å². The fraction of sp³-hybridized carbons (Fsp3) is 0.433. The van der Waals surface area contributed by atoms with Crippen LogP contribution in [0.5, 0.6) is 11.5 Å². The quantitative estimate of drug-likeness (QED) is 0.244. The molecule has 0 aliphatic carbocycles. The van der Waals surface area contributed by atoms with Crippen LogP contribution < -0.4 is 26.1 Å². The van der Waals surface area contributed by atoms with E-state index in [4.69, 9.17) is 43.1 Å². The first kappa shape index (κ1) is 33.0. The maximum atomic E-state index is 14.0. The van der Waals surface area contributed by atoms with Crippen molar-refractivity contribution >= 4 is 46.1 Å². The van der Waals surface area contributed by atoms with Gasteiger partial charge in [-0.3, -0.25) is 14.2 Å². The second kappa shape index (κ2) is 13.8. The van der Waals surface area contributed by atoms with Gasteiger partial charge in [-0.05, 0) is 38.8 Å². The van der Waals surface area contributed by atoms with Gasteiger partial charge in [0.2, 0.25) is 5.95 Å². The van der Waals surface area contributed by atoms with Gasteiger partial charge in [0.25, 0.3) is 11.5 Å².